The van der Waals surface area contributed by atoms with Crippen LogP contribution in [0.1, 0.15) is 23.7 Å². The quantitative estimate of drug-likeness (QED) is 0.860. The van der Waals surface area contributed by atoms with Gasteiger partial charge in [0.25, 0.3) is 0 Å². The van der Waals surface area contributed by atoms with E-state index in [2.05, 4.69) is 16.4 Å². The number of pyridine rings is 1. The summed E-state index contributed by atoms with van der Waals surface area (Å²) in [5.41, 5.74) is 3.26. The number of aromatic nitrogens is 1. The van der Waals surface area contributed by atoms with Gasteiger partial charge in [0.15, 0.2) is 0 Å². The van der Waals surface area contributed by atoms with Crippen molar-refractivity contribution in [2.45, 2.75) is 33.4 Å². The third-order valence-electron chi connectivity index (χ3n) is 2.60. The van der Waals surface area contributed by atoms with Crippen LogP contribution in [0, 0.1) is 13.8 Å². The Morgan fingerprint density at radius 2 is 2.06 bits per heavy atom. The Balaban J connectivity index is 2.53. The summed E-state index contributed by atoms with van der Waals surface area (Å²) < 4.78 is 22.2. The Labute approximate surface area is 103 Å². The SMILES string of the molecule is Cc1cc(CN[C@@H](C)CS(C)(=O)=O)cnc1C. The highest BCUT2D eigenvalue weighted by molar-refractivity contribution is 7.90. The summed E-state index contributed by atoms with van der Waals surface area (Å²) in [5, 5.41) is 3.18. The predicted octanol–water partition coefficient (Wildman–Crippen LogP) is 1.22. The van der Waals surface area contributed by atoms with Gasteiger partial charge in [0.2, 0.25) is 0 Å². The zero-order valence-electron chi connectivity index (χ0n) is 10.8. The molecule has 1 aromatic heterocycles. The molecular formula is C12H20N2O2S. The molecule has 5 heteroatoms. The van der Waals surface area contributed by atoms with E-state index in [1.54, 1.807) is 0 Å². The summed E-state index contributed by atoms with van der Waals surface area (Å²) in [5.74, 6) is 0.158. The lowest BCUT2D eigenvalue weighted by molar-refractivity contribution is 0.559. The monoisotopic (exact) mass is 256 g/mol. The third kappa shape index (κ3) is 5.28. The van der Waals surface area contributed by atoms with Crippen LogP contribution in [0.3, 0.4) is 0 Å². The largest absolute Gasteiger partial charge is 0.309 e. The minimum Gasteiger partial charge on any atom is -0.309 e. The van der Waals surface area contributed by atoms with Crippen LogP contribution in [0.25, 0.3) is 0 Å². The maximum Gasteiger partial charge on any atom is 0.148 e. The average Bonchev–Trinajstić information content (AvgIpc) is 2.17. The zero-order valence-corrected chi connectivity index (χ0v) is 11.6. The van der Waals surface area contributed by atoms with Crippen molar-refractivity contribution >= 4 is 9.84 Å². The normalized spacial score (nSPS) is 13.6. The van der Waals surface area contributed by atoms with Gasteiger partial charge in [0.05, 0.1) is 5.75 Å². The highest BCUT2D eigenvalue weighted by Crippen LogP contribution is 2.06. The van der Waals surface area contributed by atoms with Gasteiger partial charge in [-0.2, -0.15) is 0 Å². The van der Waals surface area contributed by atoms with Crippen molar-refractivity contribution < 1.29 is 8.42 Å². The molecule has 0 bridgehead atoms. The smallest absolute Gasteiger partial charge is 0.148 e. The summed E-state index contributed by atoms with van der Waals surface area (Å²) in [4.78, 5) is 4.27. The molecule has 0 aliphatic carbocycles. The van der Waals surface area contributed by atoms with Crippen molar-refractivity contribution in [1.82, 2.24) is 10.3 Å². The van der Waals surface area contributed by atoms with E-state index in [1.165, 1.54) is 6.26 Å². The minimum absolute atomic E-state index is 0.0494. The van der Waals surface area contributed by atoms with Gasteiger partial charge in [-0.15, -0.1) is 0 Å². The van der Waals surface area contributed by atoms with E-state index < -0.39 is 9.84 Å². The molecule has 0 aliphatic heterocycles. The van der Waals surface area contributed by atoms with Crippen LogP contribution in [-0.4, -0.2) is 31.5 Å². The van der Waals surface area contributed by atoms with E-state index in [0.717, 1.165) is 16.8 Å². The van der Waals surface area contributed by atoms with Crippen molar-refractivity contribution in [1.29, 1.82) is 0 Å². The molecule has 96 valence electrons. The molecule has 1 rings (SSSR count). The maximum absolute atomic E-state index is 11.1. The molecule has 0 aromatic carbocycles. The fourth-order valence-electron chi connectivity index (χ4n) is 1.60. The van der Waals surface area contributed by atoms with Crippen LogP contribution in [0.4, 0.5) is 0 Å². The predicted molar refractivity (Wildman–Crippen MR) is 69.7 cm³/mol. The molecule has 1 atom stereocenters. The Morgan fingerprint density at radius 3 is 2.59 bits per heavy atom. The standard InChI is InChI=1S/C12H20N2O2S/c1-9-5-12(7-14-11(9)3)6-13-10(2)8-17(4,15)16/h5,7,10,13H,6,8H2,1-4H3/t10-/m0/s1. The Morgan fingerprint density at radius 1 is 1.41 bits per heavy atom. The highest BCUT2D eigenvalue weighted by atomic mass is 32.2. The first kappa shape index (κ1) is 14.1. The first-order valence-corrected chi connectivity index (χ1v) is 7.67. The number of hydrogen-bond donors (Lipinski definition) is 1. The first-order valence-electron chi connectivity index (χ1n) is 5.61. The number of nitrogens with one attached hydrogen (secondary N) is 1. The highest BCUT2D eigenvalue weighted by Gasteiger charge is 2.09. The lowest BCUT2D eigenvalue weighted by atomic mass is 10.1. The van der Waals surface area contributed by atoms with Gasteiger partial charge < -0.3 is 5.32 Å². The molecule has 0 spiro atoms. The van der Waals surface area contributed by atoms with E-state index in [9.17, 15) is 8.42 Å². The number of aryl methyl sites for hydroxylation is 2. The van der Waals surface area contributed by atoms with Crippen LogP contribution >= 0.6 is 0 Å². The van der Waals surface area contributed by atoms with E-state index in [4.69, 9.17) is 0 Å². The van der Waals surface area contributed by atoms with Crippen LogP contribution in [0.5, 0.6) is 0 Å². The molecule has 0 saturated carbocycles. The number of rotatable bonds is 5. The van der Waals surface area contributed by atoms with Gasteiger partial charge >= 0.3 is 0 Å². The Kier molecular flexibility index (Phi) is 4.65. The fourth-order valence-corrected chi connectivity index (χ4v) is 2.63. The summed E-state index contributed by atoms with van der Waals surface area (Å²) in [6, 6.07) is 2.02. The molecule has 0 fully saturated rings. The van der Waals surface area contributed by atoms with Crippen LogP contribution in [0.2, 0.25) is 0 Å². The van der Waals surface area contributed by atoms with E-state index in [1.807, 2.05) is 27.0 Å². The van der Waals surface area contributed by atoms with Crippen LogP contribution in [0.15, 0.2) is 12.3 Å². The molecule has 17 heavy (non-hydrogen) atoms. The molecule has 4 nitrogen and oxygen atoms in total. The molecule has 0 radical (unpaired) electrons. The third-order valence-corrected chi connectivity index (χ3v) is 3.71. The van der Waals surface area contributed by atoms with E-state index >= 15 is 0 Å². The number of hydrogen-bond acceptors (Lipinski definition) is 4. The van der Waals surface area contributed by atoms with Crippen LogP contribution in [-0.2, 0) is 16.4 Å². The summed E-state index contributed by atoms with van der Waals surface area (Å²) in [6.07, 6.45) is 3.07. The molecule has 1 N–H and O–H groups in total. The van der Waals surface area contributed by atoms with Crippen molar-refractivity contribution in [2.75, 3.05) is 12.0 Å². The van der Waals surface area contributed by atoms with Crippen LogP contribution < -0.4 is 5.32 Å². The lowest BCUT2D eigenvalue weighted by Gasteiger charge is -2.13. The molecule has 1 heterocycles. The van der Waals surface area contributed by atoms with E-state index in [-0.39, 0.29) is 11.8 Å². The lowest BCUT2D eigenvalue weighted by Crippen LogP contribution is -2.32. The Bertz CT molecular complexity index is 483. The summed E-state index contributed by atoms with van der Waals surface area (Å²) >= 11 is 0. The van der Waals surface area contributed by atoms with Crippen molar-refractivity contribution in [3.8, 4) is 0 Å². The molecule has 0 amide bonds. The summed E-state index contributed by atoms with van der Waals surface area (Å²) in [7, 11) is -2.92. The average molecular weight is 256 g/mol. The topological polar surface area (TPSA) is 59.1 Å². The second-order valence-corrected chi connectivity index (χ2v) is 6.81. The van der Waals surface area contributed by atoms with Gasteiger partial charge in [0, 0.05) is 30.7 Å². The number of nitrogens with zero attached hydrogens (tertiary/aromatic N) is 1. The van der Waals surface area contributed by atoms with Crippen molar-refractivity contribution in [3.63, 3.8) is 0 Å². The van der Waals surface area contributed by atoms with Gasteiger partial charge in [-0.3, -0.25) is 4.98 Å². The number of sulfone groups is 1. The molecule has 0 saturated heterocycles. The summed E-state index contributed by atoms with van der Waals surface area (Å²) in [6.45, 7) is 6.50. The van der Waals surface area contributed by atoms with Crippen molar-refractivity contribution in [2.24, 2.45) is 0 Å². The molecular weight excluding hydrogens is 236 g/mol. The molecule has 1 aromatic rings. The molecule has 0 unspecified atom stereocenters. The maximum atomic E-state index is 11.1. The van der Waals surface area contributed by atoms with Gasteiger partial charge in [0.1, 0.15) is 9.84 Å². The second-order valence-electron chi connectivity index (χ2n) is 4.62. The minimum atomic E-state index is -2.92. The first-order chi connectivity index (χ1) is 7.78. The van der Waals surface area contributed by atoms with Crippen molar-refractivity contribution in [3.05, 3.63) is 29.1 Å². The van der Waals surface area contributed by atoms with E-state index in [0.29, 0.717) is 6.54 Å². The van der Waals surface area contributed by atoms with Gasteiger partial charge in [-0.25, -0.2) is 8.42 Å². The fraction of sp³-hybridized carbons (Fsp3) is 0.583. The zero-order chi connectivity index (χ0) is 13.1. The second kappa shape index (κ2) is 5.60. The van der Waals surface area contributed by atoms with Gasteiger partial charge in [-0.05, 0) is 31.9 Å². The van der Waals surface area contributed by atoms with Gasteiger partial charge in [-0.1, -0.05) is 6.07 Å². The molecule has 0 aliphatic rings. The Hall–Kier alpha value is -0.940.